The van der Waals surface area contributed by atoms with Gasteiger partial charge in [-0.2, -0.15) is 13.2 Å². The van der Waals surface area contributed by atoms with Crippen LogP contribution in [-0.2, 0) is 12.7 Å². The summed E-state index contributed by atoms with van der Waals surface area (Å²) in [7, 11) is 3.16. The Morgan fingerprint density at radius 2 is 1.73 bits per heavy atom. The second kappa shape index (κ2) is 8.78. The van der Waals surface area contributed by atoms with Crippen molar-refractivity contribution in [3.8, 4) is 11.5 Å². The van der Waals surface area contributed by atoms with Crippen LogP contribution < -0.4 is 14.4 Å². The summed E-state index contributed by atoms with van der Waals surface area (Å²) in [5, 5.41) is 10.9. The van der Waals surface area contributed by atoms with E-state index in [1.165, 1.54) is 6.07 Å². The Morgan fingerprint density at radius 1 is 1.03 bits per heavy atom. The van der Waals surface area contributed by atoms with Gasteiger partial charge in [-0.25, -0.2) is 0 Å². The lowest BCUT2D eigenvalue weighted by Gasteiger charge is -2.37. The number of hydrogen-bond donors (Lipinski definition) is 0. The van der Waals surface area contributed by atoms with Gasteiger partial charge in [0.05, 0.1) is 24.7 Å². The number of piperazine rings is 1. The van der Waals surface area contributed by atoms with Crippen molar-refractivity contribution in [3.05, 3.63) is 57.6 Å². The Hall–Kier alpha value is -3.01. The molecular formula is C20H22F3N3O4. The molecule has 0 atom stereocenters. The van der Waals surface area contributed by atoms with Gasteiger partial charge in [-0.15, -0.1) is 0 Å². The molecule has 0 bridgehead atoms. The molecule has 30 heavy (non-hydrogen) atoms. The normalized spacial score (nSPS) is 15.2. The summed E-state index contributed by atoms with van der Waals surface area (Å²) in [6.45, 7) is 2.38. The zero-order valence-electron chi connectivity index (χ0n) is 16.6. The van der Waals surface area contributed by atoms with Crippen LogP contribution in [0.4, 0.5) is 24.5 Å². The molecule has 1 aliphatic heterocycles. The van der Waals surface area contributed by atoms with Crippen molar-refractivity contribution in [1.29, 1.82) is 0 Å². The summed E-state index contributed by atoms with van der Waals surface area (Å²) in [6, 6.07) is 8.39. The monoisotopic (exact) mass is 425 g/mol. The average Bonchev–Trinajstić information content (AvgIpc) is 2.73. The molecule has 1 aliphatic rings. The highest BCUT2D eigenvalue weighted by Crippen LogP contribution is 2.39. The number of alkyl halides is 3. The predicted octanol–water partition coefficient (Wildman–Crippen LogP) is 3.95. The molecule has 0 saturated carbocycles. The number of nitro benzene ring substituents is 1. The van der Waals surface area contributed by atoms with Gasteiger partial charge in [0.2, 0.25) is 0 Å². The van der Waals surface area contributed by atoms with E-state index in [4.69, 9.17) is 9.47 Å². The molecule has 0 radical (unpaired) electrons. The summed E-state index contributed by atoms with van der Waals surface area (Å²) in [6.07, 6.45) is -4.67. The van der Waals surface area contributed by atoms with Crippen molar-refractivity contribution in [3.63, 3.8) is 0 Å². The van der Waals surface area contributed by atoms with Gasteiger partial charge in [-0.05, 0) is 24.3 Å². The smallest absolute Gasteiger partial charge is 0.418 e. The third-order valence-corrected chi connectivity index (χ3v) is 5.09. The maximum Gasteiger partial charge on any atom is 0.418 e. The maximum atomic E-state index is 13.5. The first-order valence-corrected chi connectivity index (χ1v) is 9.26. The van der Waals surface area contributed by atoms with Gasteiger partial charge in [0.15, 0.2) is 0 Å². The number of hydrogen-bond acceptors (Lipinski definition) is 6. The summed E-state index contributed by atoms with van der Waals surface area (Å²) >= 11 is 0. The maximum absolute atomic E-state index is 13.5. The van der Waals surface area contributed by atoms with Gasteiger partial charge in [0, 0.05) is 56.1 Å². The summed E-state index contributed by atoms with van der Waals surface area (Å²) < 4.78 is 51.1. The third-order valence-electron chi connectivity index (χ3n) is 5.09. The number of methoxy groups -OCH3 is 2. The number of halogens is 3. The minimum absolute atomic E-state index is 0.0355. The molecule has 0 amide bonds. The zero-order chi connectivity index (χ0) is 21.9. The lowest BCUT2D eigenvalue weighted by atomic mass is 10.1. The molecule has 162 valence electrons. The number of non-ortho nitro benzene ring substituents is 1. The highest BCUT2D eigenvalue weighted by atomic mass is 19.4. The van der Waals surface area contributed by atoms with Crippen LogP contribution in [0.1, 0.15) is 11.1 Å². The molecule has 3 rings (SSSR count). The Morgan fingerprint density at radius 3 is 2.30 bits per heavy atom. The Bertz CT molecular complexity index is 913. The number of rotatable bonds is 6. The Kier molecular flexibility index (Phi) is 6.35. The zero-order valence-corrected chi connectivity index (χ0v) is 16.6. The molecule has 10 heteroatoms. The predicted molar refractivity (Wildman–Crippen MR) is 105 cm³/mol. The minimum Gasteiger partial charge on any atom is -0.497 e. The third kappa shape index (κ3) is 4.76. The number of ether oxygens (including phenoxy) is 2. The van der Waals surface area contributed by atoms with Gasteiger partial charge >= 0.3 is 6.18 Å². The van der Waals surface area contributed by atoms with E-state index < -0.39 is 22.4 Å². The fourth-order valence-corrected chi connectivity index (χ4v) is 3.53. The number of nitro groups is 1. The molecule has 0 N–H and O–H groups in total. The van der Waals surface area contributed by atoms with Crippen LogP contribution in [-0.4, -0.2) is 50.2 Å². The highest BCUT2D eigenvalue weighted by molar-refractivity contribution is 5.59. The van der Waals surface area contributed by atoms with Crippen molar-refractivity contribution < 1.29 is 27.6 Å². The van der Waals surface area contributed by atoms with Gasteiger partial charge in [-0.3, -0.25) is 15.0 Å². The molecule has 1 heterocycles. The first-order valence-electron chi connectivity index (χ1n) is 9.26. The topological polar surface area (TPSA) is 68.1 Å². The second-order valence-corrected chi connectivity index (χ2v) is 6.90. The van der Waals surface area contributed by atoms with Crippen LogP contribution in [0.3, 0.4) is 0 Å². The number of anilines is 1. The molecule has 2 aromatic carbocycles. The van der Waals surface area contributed by atoms with Gasteiger partial charge in [0.1, 0.15) is 11.5 Å². The molecule has 0 aromatic heterocycles. The van der Waals surface area contributed by atoms with Crippen molar-refractivity contribution in [2.24, 2.45) is 0 Å². The molecular weight excluding hydrogens is 403 g/mol. The summed E-state index contributed by atoms with van der Waals surface area (Å²) in [5.41, 5.74) is -0.669. The van der Waals surface area contributed by atoms with E-state index in [1.54, 1.807) is 25.2 Å². The fourth-order valence-electron chi connectivity index (χ4n) is 3.53. The van der Waals surface area contributed by atoms with Crippen molar-refractivity contribution in [2.75, 3.05) is 45.3 Å². The van der Waals surface area contributed by atoms with E-state index >= 15 is 0 Å². The molecule has 0 unspecified atom stereocenters. The van der Waals surface area contributed by atoms with E-state index in [9.17, 15) is 23.3 Å². The Balaban J connectivity index is 1.74. The van der Waals surface area contributed by atoms with E-state index in [2.05, 4.69) is 4.90 Å². The van der Waals surface area contributed by atoms with Crippen molar-refractivity contribution in [1.82, 2.24) is 4.90 Å². The van der Waals surface area contributed by atoms with E-state index in [-0.39, 0.29) is 5.69 Å². The van der Waals surface area contributed by atoms with Crippen LogP contribution in [0.5, 0.6) is 11.5 Å². The lowest BCUT2D eigenvalue weighted by molar-refractivity contribution is -0.385. The quantitative estimate of drug-likeness (QED) is 0.516. The van der Waals surface area contributed by atoms with Gasteiger partial charge < -0.3 is 14.4 Å². The summed E-state index contributed by atoms with van der Waals surface area (Å²) in [5.74, 6) is 1.41. The lowest BCUT2D eigenvalue weighted by Crippen LogP contribution is -2.46. The average molecular weight is 425 g/mol. The van der Waals surface area contributed by atoms with E-state index in [1.807, 2.05) is 12.1 Å². The van der Waals surface area contributed by atoms with Gasteiger partial charge in [-0.1, -0.05) is 0 Å². The molecule has 1 saturated heterocycles. The van der Waals surface area contributed by atoms with Crippen LogP contribution in [0.2, 0.25) is 0 Å². The first-order chi connectivity index (χ1) is 14.2. The standard InChI is InChI=1S/C20H22F3N3O4/c1-29-16-4-6-19(30-2)14(11-16)13-24-7-9-25(10-8-24)18-5-3-15(26(27)28)12-17(18)20(21,22)23/h3-6,11-12H,7-10,13H2,1-2H3. The Labute approximate surface area is 171 Å². The number of nitrogens with zero attached hydrogens (tertiary/aromatic N) is 3. The van der Waals surface area contributed by atoms with Gasteiger partial charge in [0.25, 0.3) is 5.69 Å². The number of benzene rings is 2. The van der Waals surface area contributed by atoms with Crippen LogP contribution in [0, 0.1) is 10.1 Å². The van der Waals surface area contributed by atoms with Crippen LogP contribution >= 0.6 is 0 Å². The minimum atomic E-state index is -4.67. The largest absolute Gasteiger partial charge is 0.497 e. The van der Waals surface area contributed by atoms with Crippen LogP contribution in [0.25, 0.3) is 0 Å². The molecule has 2 aromatic rings. The van der Waals surface area contributed by atoms with E-state index in [0.717, 1.165) is 11.6 Å². The van der Waals surface area contributed by atoms with E-state index in [0.29, 0.717) is 50.3 Å². The second-order valence-electron chi connectivity index (χ2n) is 6.90. The van der Waals surface area contributed by atoms with Crippen molar-refractivity contribution >= 4 is 11.4 Å². The fraction of sp³-hybridized carbons (Fsp3) is 0.400. The molecule has 1 fully saturated rings. The first kappa shape index (κ1) is 21.7. The SMILES string of the molecule is COc1ccc(OC)c(CN2CCN(c3ccc([N+](=O)[O-])cc3C(F)(F)F)CC2)c1. The molecule has 7 nitrogen and oxygen atoms in total. The molecule has 0 spiro atoms. The molecule has 0 aliphatic carbocycles. The van der Waals surface area contributed by atoms with Crippen molar-refractivity contribution in [2.45, 2.75) is 12.7 Å². The van der Waals surface area contributed by atoms with Crippen LogP contribution in [0.15, 0.2) is 36.4 Å². The highest BCUT2D eigenvalue weighted by Gasteiger charge is 2.37. The summed E-state index contributed by atoms with van der Waals surface area (Å²) in [4.78, 5) is 13.8.